The molecule has 0 spiro atoms. The van der Waals surface area contributed by atoms with Crippen LogP contribution in [0, 0.1) is 0 Å². The van der Waals surface area contributed by atoms with Crippen LogP contribution in [0.1, 0.15) is 68.7 Å². The second kappa shape index (κ2) is 9.60. The fourth-order valence-corrected chi connectivity index (χ4v) is 3.41. The Bertz CT molecular complexity index is 654. The van der Waals surface area contributed by atoms with E-state index in [0.717, 1.165) is 30.9 Å². The zero-order valence-electron chi connectivity index (χ0n) is 15.7. The van der Waals surface area contributed by atoms with Gasteiger partial charge in [0, 0.05) is 17.8 Å². The molecule has 26 heavy (non-hydrogen) atoms. The second-order valence-electron chi connectivity index (χ2n) is 7.13. The smallest absolute Gasteiger partial charge is 0.119 e. The van der Waals surface area contributed by atoms with Gasteiger partial charge in [0.05, 0.1) is 6.61 Å². The minimum absolute atomic E-state index is 0.305. The molecular formula is C22H31N3O. The molecule has 0 radical (unpaired) electrons. The van der Waals surface area contributed by atoms with Crippen LogP contribution in [0.5, 0.6) is 5.75 Å². The Morgan fingerprint density at radius 1 is 0.846 bits per heavy atom. The average Bonchev–Trinajstić information content (AvgIpc) is 3.16. The summed E-state index contributed by atoms with van der Waals surface area (Å²) >= 11 is 0. The zero-order chi connectivity index (χ0) is 18.2. The van der Waals surface area contributed by atoms with Crippen molar-refractivity contribution in [2.75, 3.05) is 12.3 Å². The summed E-state index contributed by atoms with van der Waals surface area (Å²) in [5.74, 6) is 0.963. The van der Waals surface area contributed by atoms with Gasteiger partial charge in [-0.2, -0.15) is 0 Å². The first-order valence-corrected chi connectivity index (χ1v) is 9.85. The molecule has 2 unspecified atom stereocenters. The second-order valence-corrected chi connectivity index (χ2v) is 7.13. The van der Waals surface area contributed by atoms with Crippen LogP contribution >= 0.6 is 0 Å². The molecule has 4 heteroatoms. The van der Waals surface area contributed by atoms with Crippen LogP contribution in [0.25, 0.3) is 0 Å². The quantitative estimate of drug-likeness (QED) is 0.443. The SMILES string of the molecule is CCCCCCCOc1ccc(C2CC(c3ccc(N)cc3)NN2)cc1. The van der Waals surface area contributed by atoms with E-state index in [1.807, 2.05) is 12.1 Å². The van der Waals surface area contributed by atoms with Crippen molar-refractivity contribution in [3.05, 3.63) is 59.7 Å². The van der Waals surface area contributed by atoms with Crippen molar-refractivity contribution >= 4 is 5.69 Å². The Morgan fingerprint density at radius 2 is 1.42 bits per heavy atom. The molecule has 1 aliphatic rings. The maximum Gasteiger partial charge on any atom is 0.119 e. The molecule has 0 amide bonds. The minimum Gasteiger partial charge on any atom is -0.494 e. The number of unbranched alkanes of at least 4 members (excludes halogenated alkanes) is 4. The first kappa shape index (κ1) is 18.7. The lowest BCUT2D eigenvalue weighted by Gasteiger charge is -2.12. The maximum absolute atomic E-state index is 5.86. The van der Waals surface area contributed by atoms with Crippen molar-refractivity contribution in [2.24, 2.45) is 0 Å². The number of benzene rings is 2. The third-order valence-electron chi connectivity index (χ3n) is 5.04. The molecule has 0 saturated carbocycles. The van der Waals surface area contributed by atoms with E-state index in [0.29, 0.717) is 12.1 Å². The number of hydrogen-bond donors (Lipinski definition) is 3. The van der Waals surface area contributed by atoms with Gasteiger partial charge < -0.3 is 10.5 Å². The molecule has 4 N–H and O–H groups in total. The van der Waals surface area contributed by atoms with Crippen LogP contribution in [0.4, 0.5) is 5.69 Å². The van der Waals surface area contributed by atoms with E-state index in [1.54, 1.807) is 0 Å². The third kappa shape index (κ3) is 5.23. The lowest BCUT2D eigenvalue weighted by Crippen LogP contribution is -2.26. The van der Waals surface area contributed by atoms with Crippen molar-refractivity contribution in [3.63, 3.8) is 0 Å². The fraction of sp³-hybridized carbons (Fsp3) is 0.455. The van der Waals surface area contributed by atoms with Gasteiger partial charge in [0.1, 0.15) is 5.75 Å². The van der Waals surface area contributed by atoms with E-state index < -0.39 is 0 Å². The predicted octanol–water partition coefficient (Wildman–Crippen LogP) is 4.90. The highest BCUT2D eigenvalue weighted by atomic mass is 16.5. The monoisotopic (exact) mass is 353 g/mol. The molecular weight excluding hydrogens is 322 g/mol. The topological polar surface area (TPSA) is 59.3 Å². The molecule has 2 atom stereocenters. The Kier molecular flexibility index (Phi) is 6.92. The molecule has 2 aromatic rings. The van der Waals surface area contributed by atoms with E-state index in [-0.39, 0.29) is 0 Å². The van der Waals surface area contributed by atoms with Gasteiger partial charge >= 0.3 is 0 Å². The van der Waals surface area contributed by atoms with Gasteiger partial charge in [-0.1, -0.05) is 56.9 Å². The Balaban J connectivity index is 1.46. The first-order valence-electron chi connectivity index (χ1n) is 9.85. The van der Waals surface area contributed by atoms with E-state index >= 15 is 0 Å². The van der Waals surface area contributed by atoms with E-state index in [9.17, 15) is 0 Å². The van der Waals surface area contributed by atoms with Gasteiger partial charge in [-0.3, -0.25) is 0 Å². The number of nitrogens with two attached hydrogens (primary N) is 1. The highest BCUT2D eigenvalue weighted by molar-refractivity contribution is 5.40. The molecule has 1 aliphatic heterocycles. The van der Waals surface area contributed by atoms with Crippen LogP contribution in [0.2, 0.25) is 0 Å². The molecule has 1 heterocycles. The van der Waals surface area contributed by atoms with Crippen molar-refractivity contribution in [1.29, 1.82) is 0 Å². The van der Waals surface area contributed by atoms with Gasteiger partial charge in [-0.15, -0.1) is 0 Å². The van der Waals surface area contributed by atoms with E-state index in [2.05, 4.69) is 54.2 Å². The van der Waals surface area contributed by atoms with Crippen LogP contribution < -0.4 is 21.3 Å². The van der Waals surface area contributed by atoms with Gasteiger partial charge in [0.2, 0.25) is 0 Å². The molecule has 2 aromatic carbocycles. The predicted molar refractivity (Wildman–Crippen MR) is 108 cm³/mol. The van der Waals surface area contributed by atoms with Crippen molar-refractivity contribution in [1.82, 2.24) is 10.9 Å². The maximum atomic E-state index is 5.86. The number of nitrogens with one attached hydrogen (secondary N) is 2. The molecule has 0 bridgehead atoms. The summed E-state index contributed by atoms with van der Waals surface area (Å²) < 4.78 is 5.86. The summed E-state index contributed by atoms with van der Waals surface area (Å²) in [4.78, 5) is 0. The average molecular weight is 354 g/mol. The molecule has 4 nitrogen and oxygen atoms in total. The summed E-state index contributed by atoms with van der Waals surface area (Å²) in [5.41, 5.74) is 15.9. The third-order valence-corrected chi connectivity index (χ3v) is 5.04. The number of rotatable bonds is 9. The normalized spacial score (nSPS) is 19.6. The molecule has 0 aromatic heterocycles. The number of anilines is 1. The summed E-state index contributed by atoms with van der Waals surface area (Å²) in [5, 5.41) is 0. The summed E-state index contributed by atoms with van der Waals surface area (Å²) in [6.07, 6.45) is 7.34. The summed E-state index contributed by atoms with van der Waals surface area (Å²) in [6, 6.07) is 17.2. The first-order chi connectivity index (χ1) is 12.8. The summed E-state index contributed by atoms with van der Waals surface area (Å²) in [7, 11) is 0. The summed E-state index contributed by atoms with van der Waals surface area (Å²) in [6.45, 7) is 3.05. The number of nitrogen functional groups attached to an aromatic ring is 1. The van der Waals surface area contributed by atoms with Crippen LogP contribution in [-0.2, 0) is 0 Å². The Labute approximate surface area is 157 Å². The molecule has 140 valence electrons. The van der Waals surface area contributed by atoms with E-state index in [4.69, 9.17) is 10.5 Å². The van der Waals surface area contributed by atoms with Crippen LogP contribution in [-0.4, -0.2) is 6.61 Å². The van der Waals surface area contributed by atoms with Crippen molar-refractivity contribution < 1.29 is 4.74 Å². The van der Waals surface area contributed by atoms with Crippen molar-refractivity contribution in [3.8, 4) is 5.75 Å². The highest BCUT2D eigenvalue weighted by Gasteiger charge is 2.25. The molecule has 3 rings (SSSR count). The lowest BCUT2D eigenvalue weighted by molar-refractivity contribution is 0.304. The Morgan fingerprint density at radius 3 is 2.04 bits per heavy atom. The highest BCUT2D eigenvalue weighted by Crippen LogP contribution is 2.31. The van der Waals surface area contributed by atoms with Crippen LogP contribution in [0.3, 0.4) is 0 Å². The number of ether oxygens (including phenoxy) is 1. The standard InChI is InChI=1S/C22H31N3O/c1-2-3-4-5-6-15-26-20-13-9-18(10-14-20)22-16-21(24-25-22)17-7-11-19(23)12-8-17/h7-14,21-22,24-25H,2-6,15-16,23H2,1H3. The number of hydrogen-bond acceptors (Lipinski definition) is 4. The van der Waals surface area contributed by atoms with Crippen LogP contribution in [0.15, 0.2) is 48.5 Å². The van der Waals surface area contributed by atoms with E-state index in [1.165, 1.54) is 36.8 Å². The van der Waals surface area contributed by atoms with Gasteiger partial charge in [-0.25, -0.2) is 10.9 Å². The van der Waals surface area contributed by atoms with Gasteiger partial charge in [0.25, 0.3) is 0 Å². The van der Waals surface area contributed by atoms with Gasteiger partial charge in [0.15, 0.2) is 0 Å². The fourth-order valence-electron chi connectivity index (χ4n) is 3.41. The lowest BCUT2D eigenvalue weighted by atomic mass is 9.97. The largest absolute Gasteiger partial charge is 0.494 e. The minimum atomic E-state index is 0.305. The van der Waals surface area contributed by atoms with Crippen molar-refractivity contribution in [2.45, 2.75) is 57.5 Å². The molecule has 1 fully saturated rings. The molecule has 0 aliphatic carbocycles. The zero-order valence-corrected chi connectivity index (χ0v) is 15.7. The van der Waals surface area contributed by atoms with Gasteiger partial charge in [-0.05, 0) is 48.2 Å². The molecule has 1 saturated heterocycles. The number of hydrazine groups is 1. The Hall–Kier alpha value is -2.04.